The van der Waals surface area contributed by atoms with E-state index in [2.05, 4.69) is 0 Å². The Labute approximate surface area is 256 Å². The van der Waals surface area contributed by atoms with E-state index in [1.165, 1.54) is 12.1 Å². The topological polar surface area (TPSA) is 109 Å². The Morgan fingerprint density at radius 1 is 0.583 bits per heavy atom. The first-order valence-corrected chi connectivity index (χ1v) is 13.9. The van der Waals surface area contributed by atoms with Gasteiger partial charge in [0.25, 0.3) is 20.2 Å². The van der Waals surface area contributed by atoms with Gasteiger partial charge in [-0.25, -0.2) is 0 Å². The molecule has 2 aliphatic carbocycles. The second-order valence-electron chi connectivity index (χ2n) is 8.64. The molecule has 0 saturated heterocycles. The summed E-state index contributed by atoms with van der Waals surface area (Å²) in [6.45, 7) is 0. The standard InChI is InChI=1S/C26H17ClO6S2.K.H/c27-20-13-12-19-15-7-2-4-9-18(15)24(25(19)26(20)35(31,32)33)23-17-8-3-1-6-14(17)16-10-5-11-21(22(16)23)34(28,29)30;;/h1-13,23-24H,(H,28,29,30)(H,31,32,33);;. The monoisotopic (exact) mass is 564 g/mol. The van der Waals surface area contributed by atoms with Gasteiger partial charge < -0.3 is 0 Å². The molecule has 0 saturated carbocycles. The summed E-state index contributed by atoms with van der Waals surface area (Å²) >= 11 is 6.34. The van der Waals surface area contributed by atoms with Crippen molar-refractivity contribution in [2.45, 2.75) is 21.6 Å². The number of benzene rings is 4. The van der Waals surface area contributed by atoms with Gasteiger partial charge in [0, 0.05) is 11.8 Å². The molecule has 0 radical (unpaired) electrons. The predicted octanol–water partition coefficient (Wildman–Crippen LogP) is 5.11. The van der Waals surface area contributed by atoms with Crippen LogP contribution in [0.3, 0.4) is 0 Å². The number of fused-ring (bicyclic) bond motifs is 6. The summed E-state index contributed by atoms with van der Waals surface area (Å²) in [7, 11) is -9.34. The molecule has 0 aromatic heterocycles. The van der Waals surface area contributed by atoms with Crippen molar-refractivity contribution in [1.29, 1.82) is 0 Å². The van der Waals surface area contributed by atoms with E-state index >= 15 is 0 Å². The summed E-state index contributed by atoms with van der Waals surface area (Å²) in [5.74, 6) is -1.36. The van der Waals surface area contributed by atoms with Crippen molar-refractivity contribution in [3.8, 4) is 22.3 Å². The zero-order chi connectivity index (χ0) is 24.7. The molecule has 2 N–H and O–H groups in total. The molecule has 4 aromatic carbocycles. The summed E-state index contributed by atoms with van der Waals surface area (Å²) in [6.07, 6.45) is 0. The van der Waals surface area contributed by atoms with E-state index in [9.17, 15) is 25.9 Å². The van der Waals surface area contributed by atoms with E-state index in [1.807, 2.05) is 48.5 Å². The van der Waals surface area contributed by atoms with Crippen LogP contribution in [0.4, 0.5) is 0 Å². The van der Waals surface area contributed by atoms with Crippen LogP contribution >= 0.6 is 11.6 Å². The number of hydrogen-bond acceptors (Lipinski definition) is 4. The van der Waals surface area contributed by atoms with Crippen LogP contribution in [0.1, 0.15) is 34.1 Å². The molecule has 6 rings (SSSR count). The van der Waals surface area contributed by atoms with Crippen molar-refractivity contribution in [2.75, 3.05) is 0 Å². The molecule has 0 amide bonds. The third-order valence-corrected chi connectivity index (χ3v) is 9.17. The van der Waals surface area contributed by atoms with Crippen molar-refractivity contribution >= 4 is 83.2 Å². The fraction of sp³-hybridized carbons (Fsp3) is 0.0769. The molecule has 10 heteroatoms. The molecule has 0 bridgehead atoms. The predicted molar refractivity (Wildman–Crippen MR) is 139 cm³/mol. The minimum absolute atomic E-state index is 0. The van der Waals surface area contributed by atoms with Crippen LogP contribution in [0.25, 0.3) is 22.3 Å². The van der Waals surface area contributed by atoms with Crippen LogP contribution in [0.5, 0.6) is 0 Å². The van der Waals surface area contributed by atoms with Gasteiger partial charge in [-0.3, -0.25) is 9.11 Å². The normalized spacial score (nSPS) is 17.5. The average Bonchev–Trinajstić information content (AvgIpc) is 3.29. The first kappa shape index (κ1) is 26.2. The van der Waals surface area contributed by atoms with E-state index < -0.39 is 37.0 Å². The Kier molecular flexibility index (Phi) is 6.65. The van der Waals surface area contributed by atoms with Gasteiger partial charge in [0.15, 0.2) is 0 Å². The molecule has 0 spiro atoms. The molecule has 2 atom stereocenters. The molecule has 0 heterocycles. The van der Waals surface area contributed by atoms with E-state index in [1.54, 1.807) is 18.2 Å². The first-order valence-electron chi connectivity index (χ1n) is 10.7. The van der Waals surface area contributed by atoms with Crippen molar-refractivity contribution in [2.24, 2.45) is 0 Å². The number of halogens is 1. The quantitative estimate of drug-likeness (QED) is 0.264. The number of hydrogen-bond donors (Lipinski definition) is 2. The Morgan fingerprint density at radius 2 is 1.08 bits per heavy atom. The summed E-state index contributed by atoms with van der Waals surface area (Å²) in [4.78, 5) is -0.634. The molecule has 178 valence electrons. The fourth-order valence-corrected chi connectivity index (χ4v) is 7.79. The summed E-state index contributed by atoms with van der Waals surface area (Å²) in [5, 5.41) is -0.126. The third kappa shape index (κ3) is 3.89. The van der Waals surface area contributed by atoms with E-state index in [0.717, 1.165) is 22.3 Å². The van der Waals surface area contributed by atoms with Gasteiger partial charge in [-0.2, -0.15) is 16.8 Å². The van der Waals surface area contributed by atoms with Gasteiger partial charge in [-0.15, -0.1) is 0 Å². The molecule has 0 fully saturated rings. The molecule has 2 aliphatic rings. The maximum atomic E-state index is 12.6. The zero-order valence-electron chi connectivity index (χ0n) is 17.9. The second-order valence-corrected chi connectivity index (χ2v) is 11.8. The van der Waals surface area contributed by atoms with Crippen molar-refractivity contribution in [3.63, 3.8) is 0 Å². The second kappa shape index (κ2) is 9.13. The van der Waals surface area contributed by atoms with Crippen molar-refractivity contribution in [3.05, 3.63) is 106 Å². The summed E-state index contributed by atoms with van der Waals surface area (Å²) < 4.78 is 70.4. The van der Waals surface area contributed by atoms with Gasteiger partial charge in [-0.05, 0) is 56.6 Å². The van der Waals surface area contributed by atoms with E-state index in [-0.39, 0.29) is 61.3 Å². The van der Waals surface area contributed by atoms with Crippen LogP contribution in [-0.4, -0.2) is 77.3 Å². The van der Waals surface area contributed by atoms with Crippen LogP contribution < -0.4 is 0 Å². The molecular formula is C26H18ClKO6S2. The van der Waals surface area contributed by atoms with Crippen LogP contribution in [-0.2, 0) is 20.2 Å². The Hall–Kier alpha value is -1.37. The minimum atomic E-state index is -4.73. The van der Waals surface area contributed by atoms with Gasteiger partial charge >= 0.3 is 51.4 Å². The molecule has 0 aliphatic heterocycles. The first-order chi connectivity index (χ1) is 16.6. The van der Waals surface area contributed by atoms with Crippen LogP contribution in [0, 0.1) is 0 Å². The fourth-order valence-electron chi connectivity index (χ4n) is 5.73. The Balaban J connectivity index is 0.00000267. The third-order valence-electron chi connectivity index (χ3n) is 6.88. The molecule has 36 heavy (non-hydrogen) atoms. The zero-order valence-corrected chi connectivity index (χ0v) is 20.3. The average molecular weight is 565 g/mol. The Morgan fingerprint density at radius 3 is 1.64 bits per heavy atom. The van der Waals surface area contributed by atoms with Crippen molar-refractivity contribution < 1.29 is 25.9 Å². The van der Waals surface area contributed by atoms with Gasteiger partial charge in [0.2, 0.25) is 0 Å². The van der Waals surface area contributed by atoms with Crippen LogP contribution in [0.15, 0.2) is 88.7 Å². The van der Waals surface area contributed by atoms with Gasteiger partial charge in [0.1, 0.15) is 4.90 Å². The molecular weight excluding hydrogens is 547 g/mol. The summed E-state index contributed by atoms with van der Waals surface area (Å²) in [6, 6.07) is 22.6. The number of rotatable bonds is 3. The summed E-state index contributed by atoms with van der Waals surface area (Å²) in [5.41, 5.74) is 5.03. The molecule has 6 nitrogen and oxygen atoms in total. The van der Waals surface area contributed by atoms with Crippen molar-refractivity contribution in [1.82, 2.24) is 0 Å². The molecule has 4 aromatic rings. The SMILES string of the molecule is O=S(=O)(O)c1cccc2c1C(C1c3ccccc3-c3ccc(Cl)c(S(=O)(=O)O)c31)c1ccccc1-2.[KH]. The van der Waals surface area contributed by atoms with Gasteiger partial charge in [-0.1, -0.05) is 78.3 Å². The van der Waals surface area contributed by atoms with E-state index in [4.69, 9.17) is 11.6 Å². The maximum absolute atomic E-state index is 12.6. The Bertz CT molecular complexity index is 1780. The van der Waals surface area contributed by atoms with E-state index in [0.29, 0.717) is 22.3 Å². The molecule has 2 unspecified atom stereocenters. The van der Waals surface area contributed by atoms with Gasteiger partial charge in [0.05, 0.1) is 9.92 Å². The van der Waals surface area contributed by atoms with Crippen LogP contribution in [0.2, 0.25) is 5.02 Å².